The standard InChI is InChI=1S/C16H15ClF2O2/c1-15(2,14(20)21)9-16(18,19)12-7-8-13(17)11-6-4-3-5-10(11)12/h3-8H,9H2,1-2H3,(H,20,21). The van der Waals surface area contributed by atoms with Crippen molar-refractivity contribution in [3.63, 3.8) is 0 Å². The molecule has 0 aliphatic rings. The summed E-state index contributed by atoms with van der Waals surface area (Å²) < 4.78 is 29.1. The van der Waals surface area contributed by atoms with Gasteiger partial charge in [0.05, 0.1) is 5.41 Å². The monoisotopic (exact) mass is 312 g/mol. The Morgan fingerprint density at radius 2 is 1.71 bits per heavy atom. The first kappa shape index (κ1) is 15.7. The second-order valence-corrected chi connectivity index (χ2v) is 6.12. The van der Waals surface area contributed by atoms with E-state index in [1.165, 1.54) is 26.0 Å². The van der Waals surface area contributed by atoms with Gasteiger partial charge in [-0.2, -0.15) is 0 Å². The molecule has 0 fully saturated rings. The van der Waals surface area contributed by atoms with Gasteiger partial charge in [0.15, 0.2) is 0 Å². The largest absolute Gasteiger partial charge is 0.481 e. The van der Waals surface area contributed by atoms with Crippen LogP contribution >= 0.6 is 11.6 Å². The number of rotatable bonds is 4. The summed E-state index contributed by atoms with van der Waals surface area (Å²) in [6.45, 7) is 2.59. The highest BCUT2D eigenvalue weighted by Gasteiger charge is 2.43. The molecular weight excluding hydrogens is 298 g/mol. The van der Waals surface area contributed by atoms with E-state index in [1.807, 2.05) is 0 Å². The molecule has 2 aromatic carbocycles. The Labute approximate surface area is 126 Å². The van der Waals surface area contributed by atoms with Crippen LogP contribution in [0, 0.1) is 5.41 Å². The summed E-state index contributed by atoms with van der Waals surface area (Å²) in [5.74, 6) is -4.51. The van der Waals surface area contributed by atoms with E-state index in [1.54, 1.807) is 24.3 Å². The van der Waals surface area contributed by atoms with E-state index in [4.69, 9.17) is 16.7 Å². The zero-order valence-electron chi connectivity index (χ0n) is 11.7. The molecule has 0 unspecified atom stereocenters. The van der Waals surface area contributed by atoms with Gasteiger partial charge in [0, 0.05) is 22.4 Å². The Morgan fingerprint density at radius 1 is 1.14 bits per heavy atom. The van der Waals surface area contributed by atoms with Crippen molar-refractivity contribution in [1.29, 1.82) is 0 Å². The topological polar surface area (TPSA) is 37.3 Å². The Hall–Kier alpha value is -1.68. The van der Waals surface area contributed by atoms with E-state index in [2.05, 4.69) is 0 Å². The number of alkyl halides is 2. The zero-order chi connectivity index (χ0) is 15.8. The summed E-state index contributed by atoms with van der Waals surface area (Å²) in [6, 6.07) is 9.29. The summed E-state index contributed by atoms with van der Waals surface area (Å²) in [6.07, 6.45) is -0.777. The van der Waals surface area contributed by atoms with Crippen LogP contribution in [0.15, 0.2) is 36.4 Å². The van der Waals surface area contributed by atoms with Gasteiger partial charge in [-0.3, -0.25) is 4.79 Å². The molecule has 0 aliphatic heterocycles. The minimum absolute atomic E-state index is 0.197. The molecule has 112 valence electrons. The second-order valence-electron chi connectivity index (χ2n) is 5.71. The van der Waals surface area contributed by atoms with Crippen LogP contribution in [0.3, 0.4) is 0 Å². The lowest BCUT2D eigenvalue weighted by molar-refractivity contribution is -0.153. The van der Waals surface area contributed by atoms with Crippen LogP contribution in [0.4, 0.5) is 8.78 Å². The van der Waals surface area contributed by atoms with Gasteiger partial charge >= 0.3 is 5.97 Å². The van der Waals surface area contributed by atoms with Gasteiger partial charge in [-0.1, -0.05) is 41.9 Å². The maximum Gasteiger partial charge on any atom is 0.309 e. The van der Waals surface area contributed by atoms with Crippen molar-refractivity contribution in [2.24, 2.45) is 5.41 Å². The van der Waals surface area contributed by atoms with E-state index in [9.17, 15) is 13.6 Å². The molecule has 2 rings (SSSR count). The molecule has 2 nitrogen and oxygen atoms in total. The van der Waals surface area contributed by atoms with Gasteiger partial charge < -0.3 is 5.11 Å². The van der Waals surface area contributed by atoms with E-state index in [0.717, 1.165) is 0 Å². The molecule has 0 saturated carbocycles. The van der Waals surface area contributed by atoms with E-state index in [-0.39, 0.29) is 5.56 Å². The smallest absolute Gasteiger partial charge is 0.309 e. The molecule has 0 aliphatic carbocycles. The molecule has 0 bridgehead atoms. The first-order valence-corrected chi connectivity index (χ1v) is 6.82. The number of carboxylic acids is 1. The molecule has 21 heavy (non-hydrogen) atoms. The van der Waals surface area contributed by atoms with Gasteiger partial charge in [-0.25, -0.2) is 8.78 Å². The summed E-state index contributed by atoms with van der Waals surface area (Å²) in [5, 5.41) is 10.3. The maximum atomic E-state index is 14.6. The van der Waals surface area contributed by atoms with Crippen LogP contribution < -0.4 is 0 Å². The number of benzene rings is 2. The predicted molar refractivity (Wildman–Crippen MR) is 78.9 cm³/mol. The molecule has 0 atom stereocenters. The molecule has 0 amide bonds. The third-order valence-corrected chi connectivity index (χ3v) is 3.84. The molecule has 0 heterocycles. The predicted octanol–water partition coefficient (Wildman–Crippen LogP) is 5.09. The van der Waals surface area contributed by atoms with E-state index < -0.39 is 23.7 Å². The van der Waals surface area contributed by atoms with Crippen LogP contribution in [0.25, 0.3) is 10.8 Å². The highest BCUT2D eigenvalue weighted by Crippen LogP contribution is 2.43. The van der Waals surface area contributed by atoms with Crippen molar-refractivity contribution in [3.8, 4) is 0 Å². The van der Waals surface area contributed by atoms with Gasteiger partial charge in [-0.15, -0.1) is 0 Å². The Morgan fingerprint density at radius 3 is 2.29 bits per heavy atom. The number of carbonyl (C=O) groups is 1. The number of aliphatic carboxylic acids is 1. The lowest BCUT2D eigenvalue weighted by atomic mass is 9.83. The van der Waals surface area contributed by atoms with Gasteiger partial charge in [0.2, 0.25) is 0 Å². The van der Waals surface area contributed by atoms with Crippen molar-refractivity contribution in [2.45, 2.75) is 26.2 Å². The molecule has 0 saturated heterocycles. The van der Waals surface area contributed by atoms with Crippen molar-refractivity contribution in [3.05, 3.63) is 47.0 Å². The van der Waals surface area contributed by atoms with Crippen molar-refractivity contribution < 1.29 is 18.7 Å². The zero-order valence-corrected chi connectivity index (χ0v) is 12.4. The normalized spacial score (nSPS) is 12.6. The molecule has 0 aromatic heterocycles. The van der Waals surface area contributed by atoms with Crippen molar-refractivity contribution >= 4 is 28.3 Å². The minimum atomic E-state index is -3.26. The number of carboxylic acid groups (broad SMARTS) is 1. The molecule has 0 radical (unpaired) electrons. The third-order valence-electron chi connectivity index (χ3n) is 3.51. The lowest BCUT2D eigenvalue weighted by Gasteiger charge is -2.27. The van der Waals surface area contributed by atoms with Crippen LogP contribution in [-0.2, 0) is 10.7 Å². The average molecular weight is 313 g/mol. The van der Waals surface area contributed by atoms with Crippen LogP contribution in [0.5, 0.6) is 0 Å². The summed E-state index contributed by atoms with van der Waals surface area (Å²) >= 11 is 6.02. The van der Waals surface area contributed by atoms with Crippen LogP contribution in [-0.4, -0.2) is 11.1 Å². The number of fused-ring (bicyclic) bond motifs is 1. The number of halogens is 3. The molecule has 1 N–H and O–H groups in total. The lowest BCUT2D eigenvalue weighted by Crippen LogP contribution is -2.31. The quantitative estimate of drug-likeness (QED) is 0.854. The minimum Gasteiger partial charge on any atom is -0.481 e. The first-order chi connectivity index (χ1) is 9.65. The second kappa shape index (κ2) is 5.26. The van der Waals surface area contributed by atoms with Gasteiger partial charge in [0.1, 0.15) is 0 Å². The van der Waals surface area contributed by atoms with Crippen LogP contribution in [0.1, 0.15) is 25.8 Å². The summed E-state index contributed by atoms with van der Waals surface area (Å²) in [4.78, 5) is 11.1. The molecule has 0 spiro atoms. The highest BCUT2D eigenvalue weighted by atomic mass is 35.5. The SMILES string of the molecule is CC(C)(CC(F)(F)c1ccc(Cl)c2ccccc12)C(=O)O. The van der Waals surface area contributed by atoms with Gasteiger partial charge in [0.25, 0.3) is 5.92 Å². The Balaban J connectivity index is 2.55. The fourth-order valence-electron chi connectivity index (χ4n) is 2.31. The highest BCUT2D eigenvalue weighted by molar-refractivity contribution is 6.35. The first-order valence-electron chi connectivity index (χ1n) is 6.44. The number of hydrogen-bond donors (Lipinski definition) is 1. The average Bonchev–Trinajstić information content (AvgIpc) is 2.37. The van der Waals surface area contributed by atoms with Crippen LogP contribution in [0.2, 0.25) is 5.02 Å². The number of hydrogen-bond acceptors (Lipinski definition) is 1. The molecule has 5 heteroatoms. The fourth-order valence-corrected chi connectivity index (χ4v) is 2.53. The van der Waals surface area contributed by atoms with Crippen molar-refractivity contribution in [1.82, 2.24) is 0 Å². The summed E-state index contributed by atoms with van der Waals surface area (Å²) in [7, 11) is 0. The molecule has 2 aromatic rings. The summed E-state index contributed by atoms with van der Waals surface area (Å²) in [5.41, 5.74) is -1.72. The Kier molecular flexibility index (Phi) is 3.93. The van der Waals surface area contributed by atoms with E-state index >= 15 is 0 Å². The third kappa shape index (κ3) is 3.00. The maximum absolute atomic E-state index is 14.6. The van der Waals surface area contributed by atoms with Crippen molar-refractivity contribution in [2.75, 3.05) is 0 Å². The molecular formula is C16H15ClF2O2. The van der Waals surface area contributed by atoms with E-state index in [0.29, 0.717) is 15.8 Å². The Bertz CT molecular complexity index is 696. The fraction of sp³-hybridized carbons (Fsp3) is 0.312. The van der Waals surface area contributed by atoms with Gasteiger partial charge in [-0.05, 0) is 25.3 Å².